The van der Waals surface area contributed by atoms with Crippen molar-refractivity contribution in [2.75, 3.05) is 20.3 Å². The number of ether oxygens (including phenoxy) is 1. The van der Waals surface area contributed by atoms with Crippen molar-refractivity contribution in [1.29, 1.82) is 0 Å². The number of fused-ring (bicyclic) bond motifs is 4. The van der Waals surface area contributed by atoms with Crippen LogP contribution in [-0.2, 0) is 16.1 Å². The predicted molar refractivity (Wildman–Crippen MR) is 109 cm³/mol. The Morgan fingerprint density at radius 1 is 1.28 bits per heavy atom. The Morgan fingerprint density at radius 3 is 2.76 bits per heavy atom. The highest BCUT2D eigenvalue weighted by Gasteiger charge is 2.56. The number of esters is 1. The van der Waals surface area contributed by atoms with Crippen LogP contribution in [0.25, 0.3) is 5.57 Å². The summed E-state index contributed by atoms with van der Waals surface area (Å²) in [5.41, 5.74) is 2.92. The maximum absolute atomic E-state index is 13.4. The van der Waals surface area contributed by atoms with E-state index in [2.05, 4.69) is 11.0 Å². The normalized spacial score (nSPS) is 31.3. The SMILES string of the molecule is COC(=O)[C@H]1[C@H](CO)[C@H]2Cn3c(ccc(C4=CCCCC4)c3=O)[C@@H]1N2CC1CC1. The van der Waals surface area contributed by atoms with Gasteiger partial charge >= 0.3 is 5.97 Å². The molecule has 4 atom stereocenters. The number of rotatable bonds is 5. The van der Waals surface area contributed by atoms with E-state index in [-0.39, 0.29) is 36.1 Å². The number of aromatic nitrogens is 1. The first-order valence-corrected chi connectivity index (χ1v) is 11.0. The molecule has 2 bridgehead atoms. The van der Waals surface area contributed by atoms with E-state index in [1.807, 2.05) is 16.7 Å². The summed E-state index contributed by atoms with van der Waals surface area (Å²) in [6, 6.07) is 3.81. The zero-order valence-electron chi connectivity index (χ0n) is 17.0. The molecule has 0 unspecified atom stereocenters. The third kappa shape index (κ3) is 3.08. The quantitative estimate of drug-likeness (QED) is 0.771. The van der Waals surface area contributed by atoms with E-state index < -0.39 is 5.92 Å². The highest BCUT2D eigenvalue weighted by Crippen LogP contribution is 2.50. The largest absolute Gasteiger partial charge is 0.469 e. The molecule has 1 saturated carbocycles. The van der Waals surface area contributed by atoms with E-state index in [0.717, 1.165) is 42.6 Å². The summed E-state index contributed by atoms with van der Waals surface area (Å²) in [5, 5.41) is 10.2. The van der Waals surface area contributed by atoms with Crippen LogP contribution in [0.3, 0.4) is 0 Å². The summed E-state index contributed by atoms with van der Waals surface area (Å²) in [5.74, 6) is -0.248. The molecule has 1 aromatic heterocycles. The number of pyridine rings is 1. The summed E-state index contributed by atoms with van der Waals surface area (Å²) in [6.45, 7) is 1.40. The van der Waals surface area contributed by atoms with E-state index in [4.69, 9.17) is 4.74 Å². The lowest BCUT2D eigenvalue weighted by molar-refractivity contribution is -0.148. The lowest BCUT2D eigenvalue weighted by Crippen LogP contribution is -2.47. The zero-order valence-corrected chi connectivity index (χ0v) is 17.0. The smallest absolute Gasteiger partial charge is 0.311 e. The van der Waals surface area contributed by atoms with Gasteiger partial charge in [0.05, 0.1) is 19.1 Å². The number of hydrogen-bond acceptors (Lipinski definition) is 5. The number of hydrogen-bond donors (Lipinski definition) is 1. The van der Waals surface area contributed by atoms with Gasteiger partial charge in [-0.3, -0.25) is 14.5 Å². The highest BCUT2D eigenvalue weighted by atomic mass is 16.5. The molecule has 1 aromatic rings. The van der Waals surface area contributed by atoms with Gasteiger partial charge in [0.2, 0.25) is 0 Å². The average molecular weight is 399 g/mol. The van der Waals surface area contributed by atoms with Crippen LogP contribution in [0.5, 0.6) is 0 Å². The molecule has 4 aliphatic rings. The molecule has 6 nitrogen and oxygen atoms in total. The topological polar surface area (TPSA) is 71.8 Å². The molecule has 6 heteroatoms. The first-order valence-electron chi connectivity index (χ1n) is 11.0. The molecular weight excluding hydrogens is 368 g/mol. The summed E-state index contributed by atoms with van der Waals surface area (Å²) in [7, 11) is 1.41. The van der Waals surface area contributed by atoms with Crippen molar-refractivity contribution in [3.05, 3.63) is 39.8 Å². The maximum Gasteiger partial charge on any atom is 0.311 e. The molecule has 2 aliphatic heterocycles. The van der Waals surface area contributed by atoms with E-state index >= 15 is 0 Å². The highest BCUT2D eigenvalue weighted by molar-refractivity contribution is 5.75. The first-order chi connectivity index (χ1) is 14.1. The number of carbonyl (C=O) groups excluding carboxylic acids is 1. The lowest BCUT2D eigenvalue weighted by Gasteiger charge is -2.38. The Bertz CT molecular complexity index is 901. The Balaban J connectivity index is 1.60. The number of methoxy groups -OCH3 is 1. The minimum absolute atomic E-state index is 0.00418. The molecule has 29 heavy (non-hydrogen) atoms. The fourth-order valence-electron chi connectivity index (χ4n) is 5.80. The predicted octanol–water partition coefficient (Wildman–Crippen LogP) is 2.35. The fraction of sp³-hybridized carbons (Fsp3) is 0.652. The lowest BCUT2D eigenvalue weighted by atomic mass is 9.87. The zero-order chi connectivity index (χ0) is 20.1. The van der Waals surface area contributed by atoms with E-state index in [1.165, 1.54) is 26.4 Å². The van der Waals surface area contributed by atoms with Gasteiger partial charge in [0.1, 0.15) is 0 Å². The van der Waals surface area contributed by atoms with Crippen LogP contribution in [0.2, 0.25) is 0 Å². The molecular formula is C23H30N2O4. The molecule has 2 fully saturated rings. The number of nitrogens with zero attached hydrogens (tertiary/aromatic N) is 2. The number of aliphatic hydroxyl groups is 1. The Kier molecular flexibility index (Phi) is 4.87. The minimum Gasteiger partial charge on any atom is -0.469 e. The second-order valence-corrected chi connectivity index (χ2v) is 9.11. The Labute approximate surface area is 171 Å². The second kappa shape index (κ2) is 7.40. The molecule has 5 rings (SSSR count). The van der Waals surface area contributed by atoms with Gasteiger partial charge in [0, 0.05) is 42.9 Å². The molecule has 2 aliphatic carbocycles. The third-order valence-corrected chi connectivity index (χ3v) is 7.45. The van der Waals surface area contributed by atoms with E-state index in [1.54, 1.807) is 0 Å². The van der Waals surface area contributed by atoms with E-state index in [9.17, 15) is 14.7 Å². The molecule has 0 amide bonds. The van der Waals surface area contributed by atoms with Gasteiger partial charge in [-0.25, -0.2) is 0 Å². The van der Waals surface area contributed by atoms with Gasteiger partial charge in [-0.05, 0) is 62.1 Å². The fourth-order valence-corrected chi connectivity index (χ4v) is 5.80. The monoisotopic (exact) mass is 398 g/mol. The van der Waals surface area contributed by atoms with Gasteiger partial charge in [-0.15, -0.1) is 0 Å². The second-order valence-electron chi connectivity index (χ2n) is 9.11. The van der Waals surface area contributed by atoms with Gasteiger partial charge < -0.3 is 14.4 Å². The van der Waals surface area contributed by atoms with Crippen molar-refractivity contribution < 1.29 is 14.6 Å². The first kappa shape index (κ1) is 19.1. The van der Waals surface area contributed by atoms with Crippen molar-refractivity contribution in [3.63, 3.8) is 0 Å². The average Bonchev–Trinajstić information content (AvgIpc) is 3.53. The number of allylic oxidation sites excluding steroid dienone is 2. The van der Waals surface area contributed by atoms with Crippen molar-refractivity contribution in [3.8, 4) is 0 Å². The van der Waals surface area contributed by atoms with Crippen molar-refractivity contribution in [1.82, 2.24) is 9.47 Å². The molecule has 1 N–H and O–H groups in total. The van der Waals surface area contributed by atoms with Gasteiger partial charge in [0.25, 0.3) is 5.56 Å². The van der Waals surface area contributed by atoms with Gasteiger partial charge in [-0.1, -0.05) is 6.08 Å². The maximum atomic E-state index is 13.4. The van der Waals surface area contributed by atoms with Crippen LogP contribution in [0.1, 0.15) is 55.8 Å². The van der Waals surface area contributed by atoms with Crippen LogP contribution in [0.4, 0.5) is 0 Å². The van der Waals surface area contributed by atoms with Crippen molar-refractivity contribution >= 4 is 11.5 Å². The van der Waals surface area contributed by atoms with E-state index in [0.29, 0.717) is 12.5 Å². The molecule has 0 aromatic carbocycles. The number of carbonyl (C=O) groups is 1. The van der Waals surface area contributed by atoms with Crippen LogP contribution in [0, 0.1) is 17.8 Å². The molecule has 1 saturated heterocycles. The van der Waals surface area contributed by atoms with Gasteiger partial charge in [0.15, 0.2) is 0 Å². The molecule has 3 heterocycles. The molecule has 0 spiro atoms. The summed E-state index contributed by atoms with van der Waals surface area (Å²) in [6.07, 6.45) is 8.97. The van der Waals surface area contributed by atoms with Crippen LogP contribution < -0.4 is 5.56 Å². The van der Waals surface area contributed by atoms with Crippen LogP contribution in [0.15, 0.2) is 23.0 Å². The van der Waals surface area contributed by atoms with Crippen LogP contribution >= 0.6 is 0 Å². The van der Waals surface area contributed by atoms with Crippen molar-refractivity contribution in [2.45, 2.75) is 57.2 Å². The Morgan fingerprint density at radius 2 is 2.10 bits per heavy atom. The van der Waals surface area contributed by atoms with Crippen molar-refractivity contribution in [2.24, 2.45) is 17.8 Å². The summed E-state index contributed by atoms with van der Waals surface area (Å²) < 4.78 is 7.02. The summed E-state index contributed by atoms with van der Waals surface area (Å²) >= 11 is 0. The Hall–Kier alpha value is -1.92. The minimum atomic E-state index is -0.429. The number of aliphatic hydroxyl groups excluding tert-OH is 1. The summed E-state index contributed by atoms with van der Waals surface area (Å²) in [4.78, 5) is 28.5. The van der Waals surface area contributed by atoms with Gasteiger partial charge in [-0.2, -0.15) is 0 Å². The standard InChI is InChI=1S/C23H30N2O4/c1-29-23(28)20-17(13-26)19-12-25-18(21(20)24(19)11-14-7-8-14)10-9-16(22(25)27)15-5-3-2-4-6-15/h5,9-10,14,17,19-21,26H,2-4,6-8,11-13H2,1H3/t17-,19-,20+,21+/m1/s1. The molecule has 156 valence electrons. The third-order valence-electron chi connectivity index (χ3n) is 7.45. The molecule has 0 radical (unpaired) electrons. The van der Waals surface area contributed by atoms with Crippen LogP contribution in [-0.4, -0.2) is 46.8 Å².